The van der Waals surface area contributed by atoms with E-state index in [2.05, 4.69) is 212 Å². The zero-order valence-corrected chi connectivity index (χ0v) is 35.3. The van der Waals surface area contributed by atoms with Crippen LogP contribution in [0.25, 0.3) is 118 Å². The van der Waals surface area contributed by atoms with Crippen LogP contribution in [0.4, 0.5) is 0 Å². The summed E-state index contributed by atoms with van der Waals surface area (Å²) in [4.78, 5) is 9.99. The van der Waals surface area contributed by atoms with Crippen molar-refractivity contribution < 1.29 is 0 Å². The number of rotatable bonds is 7. The van der Waals surface area contributed by atoms with Crippen molar-refractivity contribution in [3.05, 3.63) is 225 Å². The number of benzene rings is 9. The first kappa shape index (κ1) is 36.4. The molecular formula is C59H37NS2. The molecule has 12 aromatic rings. The molecule has 3 heterocycles. The Kier molecular flexibility index (Phi) is 8.95. The molecule has 0 bridgehead atoms. The summed E-state index contributed by atoms with van der Waals surface area (Å²) in [7, 11) is 0. The van der Waals surface area contributed by atoms with E-state index in [-0.39, 0.29) is 0 Å². The van der Waals surface area contributed by atoms with Gasteiger partial charge in [0.2, 0.25) is 0 Å². The molecule has 1 nitrogen and oxygen atoms in total. The first-order valence-corrected chi connectivity index (χ1v) is 22.6. The molecule has 0 saturated heterocycles. The second kappa shape index (κ2) is 15.2. The molecule has 0 aliphatic carbocycles. The molecule has 0 fully saturated rings. The third-order valence-corrected chi connectivity index (χ3v) is 14.5. The third-order valence-electron chi connectivity index (χ3n) is 12.1. The number of aromatic nitrogens is 1. The van der Waals surface area contributed by atoms with E-state index in [0.29, 0.717) is 0 Å². The van der Waals surface area contributed by atoms with Gasteiger partial charge in [0.25, 0.3) is 0 Å². The van der Waals surface area contributed by atoms with Gasteiger partial charge in [-0.3, -0.25) is 4.98 Å². The van der Waals surface area contributed by atoms with E-state index in [0.717, 1.165) is 10.9 Å². The van der Waals surface area contributed by atoms with E-state index in [1.165, 1.54) is 107 Å². The standard InChI is InChI=1S/C59H37NS2/c1-3-13-38(14-4-1)52-30-32-54(61-52)43-18-9-20-45(35-43)56-48-23-7-8-24-49(48)57(46-21-10-19-44(36-46)55-33-31-53(62-55)39-15-5-2-6-16-39)51-37-42(28-29-50(51)56)47-25-11-17-40-26-27-41-22-12-34-60-59(41)58(40)47/h1-37H. The largest absolute Gasteiger partial charge is 0.256 e. The molecule has 0 spiro atoms. The molecular weight excluding hydrogens is 787 g/mol. The van der Waals surface area contributed by atoms with Crippen LogP contribution in [0.5, 0.6) is 0 Å². The van der Waals surface area contributed by atoms with Gasteiger partial charge in [-0.05, 0) is 131 Å². The minimum atomic E-state index is 1.03. The molecule has 0 radical (unpaired) electrons. The Bertz CT molecular complexity index is 3630. The fourth-order valence-electron chi connectivity index (χ4n) is 9.28. The van der Waals surface area contributed by atoms with Crippen molar-refractivity contribution in [2.75, 3.05) is 0 Å². The van der Waals surface area contributed by atoms with E-state index in [1.54, 1.807) is 0 Å². The predicted molar refractivity (Wildman–Crippen MR) is 268 cm³/mol. The van der Waals surface area contributed by atoms with Gasteiger partial charge in [-0.15, -0.1) is 22.7 Å². The second-order valence-corrected chi connectivity index (χ2v) is 18.0. The molecule has 0 aliphatic rings. The molecule has 0 amide bonds. The number of pyridine rings is 1. The van der Waals surface area contributed by atoms with Crippen LogP contribution in [-0.2, 0) is 0 Å². The number of fused-ring (bicyclic) bond motifs is 5. The molecule has 0 aliphatic heterocycles. The highest BCUT2D eigenvalue weighted by Gasteiger charge is 2.20. The molecule has 62 heavy (non-hydrogen) atoms. The quantitative estimate of drug-likeness (QED) is 0.115. The first-order valence-electron chi connectivity index (χ1n) is 21.0. The van der Waals surface area contributed by atoms with Crippen molar-refractivity contribution in [2.24, 2.45) is 0 Å². The molecule has 0 atom stereocenters. The highest BCUT2D eigenvalue weighted by atomic mass is 32.1. The summed E-state index contributed by atoms with van der Waals surface area (Å²) in [6.45, 7) is 0. The fraction of sp³-hybridized carbons (Fsp3) is 0. The maximum Gasteiger partial charge on any atom is 0.0786 e. The molecule has 3 heteroatoms. The topological polar surface area (TPSA) is 12.9 Å². The Morgan fingerprint density at radius 1 is 0.290 bits per heavy atom. The monoisotopic (exact) mass is 823 g/mol. The van der Waals surface area contributed by atoms with Crippen LogP contribution in [0.15, 0.2) is 225 Å². The van der Waals surface area contributed by atoms with E-state index >= 15 is 0 Å². The Labute approximate surface area is 368 Å². The van der Waals surface area contributed by atoms with Crippen molar-refractivity contribution in [2.45, 2.75) is 0 Å². The van der Waals surface area contributed by atoms with E-state index in [4.69, 9.17) is 4.98 Å². The Morgan fingerprint density at radius 3 is 1.40 bits per heavy atom. The van der Waals surface area contributed by atoms with Crippen molar-refractivity contribution in [3.8, 4) is 75.1 Å². The lowest BCUT2D eigenvalue weighted by Gasteiger charge is -2.20. The van der Waals surface area contributed by atoms with E-state index < -0.39 is 0 Å². The molecule has 290 valence electrons. The van der Waals surface area contributed by atoms with Crippen LogP contribution < -0.4 is 0 Å². The number of nitrogens with zero attached hydrogens (tertiary/aromatic N) is 1. The number of thiophene rings is 2. The van der Waals surface area contributed by atoms with Gasteiger partial charge in [-0.1, -0.05) is 170 Å². The lowest BCUT2D eigenvalue weighted by atomic mass is 9.84. The average Bonchev–Trinajstić information content (AvgIpc) is 4.06. The van der Waals surface area contributed by atoms with E-state index in [9.17, 15) is 0 Å². The van der Waals surface area contributed by atoms with Crippen molar-refractivity contribution in [3.63, 3.8) is 0 Å². The maximum absolute atomic E-state index is 4.93. The van der Waals surface area contributed by atoms with Gasteiger partial charge in [0.1, 0.15) is 0 Å². The summed E-state index contributed by atoms with van der Waals surface area (Å²) in [6.07, 6.45) is 1.91. The van der Waals surface area contributed by atoms with Crippen LogP contribution in [-0.4, -0.2) is 4.98 Å². The maximum atomic E-state index is 4.93. The summed E-state index contributed by atoms with van der Waals surface area (Å²) in [6, 6.07) is 80.1. The first-order chi connectivity index (χ1) is 30.7. The predicted octanol–water partition coefficient (Wildman–Crippen LogP) is 17.5. The second-order valence-electron chi connectivity index (χ2n) is 15.8. The van der Waals surface area contributed by atoms with Crippen molar-refractivity contribution in [1.82, 2.24) is 4.98 Å². The number of hydrogen-bond acceptors (Lipinski definition) is 3. The summed E-state index contributed by atoms with van der Waals surface area (Å²) in [5.41, 5.74) is 13.2. The smallest absolute Gasteiger partial charge is 0.0786 e. The van der Waals surface area contributed by atoms with Crippen molar-refractivity contribution in [1.29, 1.82) is 0 Å². The van der Waals surface area contributed by atoms with Gasteiger partial charge in [-0.25, -0.2) is 0 Å². The Balaban J connectivity index is 1.09. The van der Waals surface area contributed by atoms with Gasteiger partial charge < -0.3 is 0 Å². The summed E-state index contributed by atoms with van der Waals surface area (Å²) < 4.78 is 0. The van der Waals surface area contributed by atoms with Gasteiger partial charge in [-0.2, -0.15) is 0 Å². The van der Waals surface area contributed by atoms with Gasteiger partial charge >= 0.3 is 0 Å². The van der Waals surface area contributed by atoms with Crippen molar-refractivity contribution >= 4 is 65.9 Å². The van der Waals surface area contributed by atoms with Crippen LogP contribution in [0.2, 0.25) is 0 Å². The zero-order chi connectivity index (χ0) is 41.0. The van der Waals surface area contributed by atoms with Crippen LogP contribution >= 0.6 is 22.7 Å². The number of hydrogen-bond donors (Lipinski definition) is 0. The summed E-state index contributed by atoms with van der Waals surface area (Å²) >= 11 is 3.69. The Hall–Kier alpha value is -7.43. The molecule has 9 aromatic carbocycles. The average molecular weight is 824 g/mol. The van der Waals surface area contributed by atoms with Gasteiger partial charge in [0, 0.05) is 36.5 Å². The molecule has 0 unspecified atom stereocenters. The highest BCUT2D eigenvalue weighted by Crippen LogP contribution is 2.47. The lowest BCUT2D eigenvalue weighted by Crippen LogP contribution is -1.93. The SMILES string of the molecule is c1ccc(-c2ccc(-c3cccc(-c4c5ccccc5c(-c5cccc(-c6ccc(-c7ccccc7)s6)c5)c5cc(-c6cccc7ccc8cccnc8c67)ccc45)c3)s2)cc1. The van der Waals surface area contributed by atoms with E-state index in [1.807, 2.05) is 34.9 Å². The Morgan fingerprint density at radius 2 is 0.774 bits per heavy atom. The highest BCUT2D eigenvalue weighted by molar-refractivity contribution is 7.19. The van der Waals surface area contributed by atoms with Crippen LogP contribution in [0.3, 0.4) is 0 Å². The minimum Gasteiger partial charge on any atom is -0.256 e. The fourth-order valence-corrected chi connectivity index (χ4v) is 11.3. The van der Waals surface area contributed by atoms with Crippen LogP contribution in [0, 0.1) is 0 Å². The molecule has 12 rings (SSSR count). The van der Waals surface area contributed by atoms with Gasteiger partial charge in [0.15, 0.2) is 0 Å². The lowest BCUT2D eigenvalue weighted by molar-refractivity contribution is 1.43. The van der Waals surface area contributed by atoms with Gasteiger partial charge in [0.05, 0.1) is 5.52 Å². The molecule has 0 N–H and O–H groups in total. The summed E-state index contributed by atoms with van der Waals surface area (Å²) in [5, 5.41) is 8.44. The summed E-state index contributed by atoms with van der Waals surface area (Å²) in [5.74, 6) is 0. The minimum absolute atomic E-state index is 1.03. The zero-order valence-electron chi connectivity index (χ0n) is 33.6. The molecule has 3 aromatic heterocycles. The normalized spacial score (nSPS) is 11.5. The third kappa shape index (κ3) is 6.33. The molecule has 0 saturated carbocycles. The van der Waals surface area contributed by atoms with Crippen LogP contribution in [0.1, 0.15) is 0 Å².